The molecule has 0 spiro atoms. The van der Waals surface area contributed by atoms with Gasteiger partial charge in [-0.15, -0.1) is 0 Å². The standard InChI is InChI=1S/C14H14FN3/c1-9-8-16-14(17-10-6-7-10)18-13(9)11-4-2-3-5-12(11)15/h2-5,8,10H,6-7H2,1H3,(H,16,17,18). The normalized spacial score (nSPS) is 14.6. The molecular formula is C14H14FN3. The molecule has 18 heavy (non-hydrogen) atoms. The highest BCUT2D eigenvalue weighted by atomic mass is 19.1. The maximum Gasteiger partial charge on any atom is 0.223 e. The van der Waals surface area contributed by atoms with E-state index in [1.165, 1.54) is 6.07 Å². The first-order valence-electron chi connectivity index (χ1n) is 6.09. The summed E-state index contributed by atoms with van der Waals surface area (Å²) in [6.45, 7) is 1.89. The van der Waals surface area contributed by atoms with Gasteiger partial charge in [0.1, 0.15) is 5.82 Å². The molecule has 4 heteroatoms. The Kier molecular flexibility index (Phi) is 2.70. The molecule has 0 radical (unpaired) electrons. The number of anilines is 1. The van der Waals surface area contributed by atoms with Crippen LogP contribution in [-0.4, -0.2) is 16.0 Å². The maximum atomic E-state index is 13.8. The fourth-order valence-corrected chi connectivity index (χ4v) is 1.85. The number of halogens is 1. The number of nitrogens with one attached hydrogen (secondary N) is 1. The van der Waals surface area contributed by atoms with E-state index in [4.69, 9.17) is 0 Å². The van der Waals surface area contributed by atoms with Gasteiger partial charge in [-0.1, -0.05) is 12.1 Å². The van der Waals surface area contributed by atoms with Crippen LogP contribution in [0.4, 0.5) is 10.3 Å². The minimum Gasteiger partial charge on any atom is -0.351 e. The van der Waals surface area contributed by atoms with E-state index in [1.54, 1.807) is 18.3 Å². The lowest BCUT2D eigenvalue weighted by molar-refractivity contribution is 0.630. The van der Waals surface area contributed by atoms with Crippen molar-refractivity contribution in [1.29, 1.82) is 0 Å². The Labute approximate surface area is 105 Å². The van der Waals surface area contributed by atoms with E-state index in [0.29, 0.717) is 23.2 Å². The minimum absolute atomic E-state index is 0.253. The van der Waals surface area contributed by atoms with E-state index < -0.39 is 0 Å². The number of benzene rings is 1. The van der Waals surface area contributed by atoms with Crippen molar-refractivity contribution in [3.63, 3.8) is 0 Å². The monoisotopic (exact) mass is 243 g/mol. The second kappa shape index (κ2) is 4.37. The van der Waals surface area contributed by atoms with Crippen LogP contribution in [0.3, 0.4) is 0 Å². The summed E-state index contributed by atoms with van der Waals surface area (Å²) in [5.74, 6) is 0.332. The second-order valence-corrected chi connectivity index (χ2v) is 4.62. The van der Waals surface area contributed by atoms with Crippen LogP contribution in [-0.2, 0) is 0 Å². The van der Waals surface area contributed by atoms with Crippen molar-refractivity contribution in [2.75, 3.05) is 5.32 Å². The smallest absolute Gasteiger partial charge is 0.223 e. The molecule has 0 amide bonds. The molecule has 92 valence electrons. The lowest BCUT2D eigenvalue weighted by Crippen LogP contribution is -2.06. The summed E-state index contributed by atoms with van der Waals surface area (Å²) < 4.78 is 13.8. The van der Waals surface area contributed by atoms with Crippen molar-refractivity contribution >= 4 is 5.95 Å². The predicted octanol–water partition coefficient (Wildman–Crippen LogP) is 3.17. The van der Waals surface area contributed by atoms with Gasteiger partial charge in [-0.2, -0.15) is 0 Å². The van der Waals surface area contributed by atoms with Crippen molar-refractivity contribution in [1.82, 2.24) is 9.97 Å². The Morgan fingerprint density at radius 1 is 1.28 bits per heavy atom. The molecule has 1 aliphatic rings. The number of hydrogen-bond acceptors (Lipinski definition) is 3. The first kappa shape index (κ1) is 11.1. The Morgan fingerprint density at radius 2 is 2.06 bits per heavy atom. The van der Waals surface area contributed by atoms with Crippen molar-refractivity contribution in [2.45, 2.75) is 25.8 Å². The summed E-state index contributed by atoms with van der Waals surface area (Å²) in [6, 6.07) is 7.17. The van der Waals surface area contributed by atoms with E-state index in [-0.39, 0.29) is 5.82 Å². The van der Waals surface area contributed by atoms with Crippen LogP contribution in [0.25, 0.3) is 11.3 Å². The zero-order valence-corrected chi connectivity index (χ0v) is 10.2. The summed E-state index contributed by atoms with van der Waals surface area (Å²) in [5.41, 5.74) is 2.06. The summed E-state index contributed by atoms with van der Waals surface area (Å²) in [4.78, 5) is 8.65. The van der Waals surface area contributed by atoms with E-state index in [0.717, 1.165) is 18.4 Å². The van der Waals surface area contributed by atoms with Gasteiger partial charge in [-0.25, -0.2) is 14.4 Å². The third kappa shape index (κ3) is 2.18. The molecule has 1 aromatic heterocycles. The van der Waals surface area contributed by atoms with Crippen molar-refractivity contribution in [2.24, 2.45) is 0 Å². The lowest BCUT2D eigenvalue weighted by Gasteiger charge is -2.09. The van der Waals surface area contributed by atoms with Gasteiger partial charge in [0.15, 0.2) is 0 Å². The first-order chi connectivity index (χ1) is 8.74. The van der Waals surface area contributed by atoms with Gasteiger partial charge in [-0.05, 0) is 37.5 Å². The van der Waals surface area contributed by atoms with E-state index in [2.05, 4.69) is 15.3 Å². The number of rotatable bonds is 3. The third-order valence-corrected chi connectivity index (χ3v) is 3.01. The van der Waals surface area contributed by atoms with Gasteiger partial charge in [0.2, 0.25) is 5.95 Å². The van der Waals surface area contributed by atoms with Crippen LogP contribution in [0.2, 0.25) is 0 Å². The fraction of sp³-hybridized carbons (Fsp3) is 0.286. The molecule has 0 aliphatic heterocycles. The van der Waals surface area contributed by atoms with Crippen LogP contribution in [0.1, 0.15) is 18.4 Å². The quantitative estimate of drug-likeness (QED) is 0.899. The van der Waals surface area contributed by atoms with Gasteiger partial charge < -0.3 is 5.32 Å². The minimum atomic E-state index is -0.253. The highest BCUT2D eigenvalue weighted by Gasteiger charge is 2.22. The molecule has 3 nitrogen and oxygen atoms in total. The molecule has 0 unspecified atom stereocenters. The molecule has 3 rings (SSSR count). The molecule has 0 saturated heterocycles. The number of aryl methyl sites for hydroxylation is 1. The molecule has 0 atom stereocenters. The Hall–Kier alpha value is -1.97. The van der Waals surface area contributed by atoms with Crippen LogP contribution >= 0.6 is 0 Å². The number of nitrogens with zero attached hydrogens (tertiary/aromatic N) is 2. The molecular weight excluding hydrogens is 229 g/mol. The van der Waals surface area contributed by atoms with Crippen LogP contribution in [0.5, 0.6) is 0 Å². The van der Waals surface area contributed by atoms with Crippen molar-refractivity contribution in [3.05, 3.63) is 41.8 Å². The zero-order valence-electron chi connectivity index (χ0n) is 10.2. The molecule has 1 N–H and O–H groups in total. The van der Waals surface area contributed by atoms with E-state index in [1.807, 2.05) is 13.0 Å². The molecule has 2 aromatic rings. The maximum absolute atomic E-state index is 13.8. The molecule has 1 heterocycles. The average molecular weight is 243 g/mol. The van der Waals surface area contributed by atoms with Crippen LogP contribution < -0.4 is 5.32 Å². The molecule has 1 aliphatic carbocycles. The van der Waals surface area contributed by atoms with Crippen LogP contribution in [0.15, 0.2) is 30.5 Å². The third-order valence-electron chi connectivity index (χ3n) is 3.01. The average Bonchev–Trinajstić information content (AvgIpc) is 3.17. The fourth-order valence-electron chi connectivity index (χ4n) is 1.85. The summed E-state index contributed by atoms with van der Waals surface area (Å²) >= 11 is 0. The van der Waals surface area contributed by atoms with Crippen molar-refractivity contribution in [3.8, 4) is 11.3 Å². The Morgan fingerprint density at radius 3 is 2.78 bits per heavy atom. The van der Waals surface area contributed by atoms with Gasteiger partial charge in [0.25, 0.3) is 0 Å². The highest BCUT2D eigenvalue weighted by molar-refractivity contribution is 5.64. The van der Waals surface area contributed by atoms with Crippen molar-refractivity contribution < 1.29 is 4.39 Å². The predicted molar refractivity (Wildman–Crippen MR) is 68.8 cm³/mol. The van der Waals surface area contributed by atoms with Gasteiger partial charge >= 0.3 is 0 Å². The largest absolute Gasteiger partial charge is 0.351 e. The molecule has 1 saturated carbocycles. The lowest BCUT2D eigenvalue weighted by atomic mass is 10.1. The molecule has 1 aromatic carbocycles. The van der Waals surface area contributed by atoms with Gasteiger partial charge in [-0.3, -0.25) is 0 Å². The van der Waals surface area contributed by atoms with Gasteiger partial charge in [0, 0.05) is 17.8 Å². The van der Waals surface area contributed by atoms with Gasteiger partial charge in [0.05, 0.1) is 5.69 Å². The Balaban J connectivity index is 2.01. The Bertz CT molecular complexity index is 579. The number of aromatic nitrogens is 2. The second-order valence-electron chi connectivity index (χ2n) is 4.62. The first-order valence-corrected chi connectivity index (χ1v) is 6.09. The zero-order chi connectivity index (χ0) is 12.5. The van der Waals surface area contributed by atoms with E-state index >= 15 is 0 Å². The highest BCUT2D eigenvalue weighted by Crippen LogP contribution is 2.27. The van der Waals surface area contributed by atoms with Crippen LogP contribution in [0, 0.1) is 12.7 Å². The SMILES string of the molecule is Cc1cnc(NC2CC2)nc1-c1ccccc1F. The summed E-state index contributed by atoms with van der Waals surface area (Å²) in [7, 11) is 0. The molecule has 0 bridgehead atoms. The summed E-state index contributed by atoms with van der Waals surface area (Å²) in [6.07, 6.45) is 4.05. The summed E-state index contributed by atoms with van der Waals surface area (Å²) in [5, 5.41) is 3.23. The number of hydrogen-bond donors (Lipinski definition) is 1. The molecule has 1 fully saturated rings. The van der Waals surface area contributed by atoms with E-state index in [9.17, 15) is 4.39 Å². The topological polar surface area (TPSA) is 37.8 Å².